The predicted molar refractivity (Wildman–Crippen MR) is 141 cm³/mol. The molecule has 0 unspecified atom stereocenters. The van der Waals surface area contributed by atoms with Crippen molar-refractivity contribution in [2.45, 2.75) is 20.3 Å². The lowest BCUT2D eigenvalue weighted by atomic mass is 10.1. The second kappa shape index (κ2) is 9.79. The number of halogens is 1. The van der Waals surface area contributed by atoms with Crippen LogP contribution >= 0.6 is 11.6 Å². The Morgan fingerprint density at radius 2 is 1.55 bits per heavy atom. The van der Waals surface area contributed by atoms with Crippen LogP contribution in [-0.4, -0.2) is 46.8 Å². The Morgan fingerprint density at radius 3 is 2.13 bits per heavy atom. The Labute approximate surface area is 223 Å². The van der Waals surface area contributed by atoms with Crippen LogP contribution in [0.2, 0.25) is 5.02 Å². The molecule has 1 aliphatic rings. The third kappa shape index (κ3) is 4.03. The smallest absolute Gasteiger partial charge is 0.331 e. The van der Waals surface area contributed by atoms with E-state index in [4.69, 9.17) is 21.1 Å². The van der Waals surface area contributed by atoms with Crippen molar-refractivity contribution in [2.75, 3.05) is 13.7 Å². The summed E-state index contributed by atoms with van der Waals surface area (Å²) in [5, 5.41) is 1.04. The van der Waals surface area contributed by atoms with Gasteiger partial charge in [-0.2, -0.15) is 0 Å². The summed E-state index contributed by atoms with van der Waals surface area (Å²) < 4.78 is 12.8. The van der Waals surface area contributed by atoms with Gasteiger partial charge in [-0.1, -0.05) is 30.7 Å². The molecule has 0 atom stereocenters. The van der Waals surface area contributed by atoms with E-state index < -0.39 is 24.3 Å². The molecule has 0 N–H and O–H groups in total. The molecule has 1 aliphatic heterocycles. The summed E-state index contributed by atoms with van der Waals surface area (Å²) in [7, 11) is 1.54. The van der Waals surface area contributed by atoms with Crippen LogP contribution in [0.1, 0.15) is 49.3 Å². The van der Waals surface area contributed by atoms with Gasteiger partial charge in [-0.25, -0.2) is 4.79 Å². The highest BCUT2D eigenvalue weighted by atomic mass is 35.5. The number of nitrogens with zero attached hydrogens (tertiary/aromatic N) is 2. The molecule has 3 aromatic carbocycles. The topological polar surface area (TPSA) is 94.9 Å². The summed E-state index contributed by atoms with van der Waals surface area (Å²) in [6.07, 6.45) is 0.530. The summed E-state index contributed by atoms with van der Waals surface area (Å²) >= 11 is 6.00. The lowest BCUT2D eigenvalue weighted by molar-refractivity contribution is -0.134. The van der Waals surface area contributed by atoms with Crippen LogP contribution in [-0.2, 0) is 11.2 Å². The number of aryl methyl sites for hydroxylation is 1. The first kappa shape index (κ1) is 25.2. The molecule has 0 aliphatic carbocycles. The predicted octanol–water partition coefficient (Wildman–Crippen LogP) is 5.06. The van der Waals surface area contributed by atoms with Crippen LogP contribution in [0, 0.1) is 6.92 Å². The van der Waals surface area contributed by atoms with Gasteiger partial charge < -0.3 is 9.47 Å². The second-order valence-corrected chi connectivity index (χ2v) is 9.21. The highest BCUT2D eigenvalue weighted by molar-refractivity contribution is 6.30. The van der Waals surface area contributed by atoms with Crippen molar-refractivity contribution in [3.05, 3.63) is 93.6 Å². The van der Waals surface area contributed by atoms with Gasteiger partial charge >= 0.3 is 5.97 Å². The first-order chi connectivity index (χ1) is 18.3. The van der Waals surface area contributed by atoms with Crippen molar-refractivity contribution in [1.82, 2.24) is 9.47 Å². The van der Waals surface area contributed by atoms with E-state index >= 15 is 0 Å². The Morgan fingerprint density at radius 1 is 0.921 bits per heavy atom. The Hall–Kier alpha value is -4.43. The van der Waals surface area contributed by atoms with E-state index in [0.717, 1.165) is 10.5 Å². The Bertz CT molecular complexity index is 1600. The van der Waals surface area contributed by atoms with Crippen molar-refractivity contribution in [3.8, 4) is 11.5 Å². The number of rotatable bonds is 6. The quantitative estimate of drug-likeness (QED) is 0.255. The van der Waals surface area contributed by atoms with Crippen LogP contribution in [0.25, 0.3) is 10.9 Å². The molecule has 9 heteroatoms. The number of aromatic nitrogens is 1. The number of hydrogen-bond acceptors (Lipinski definition) is 6. The molecule has 8 nitrogen and oxygen atoms in total. The number of esters is 1. The van der Waals surface area contributed by atoms with E-state index in [2.05, 4.69) is 0 Å². The summed E-state index contributed by atoms with van der Waals surface area (Å²) in [4.78, 5) is 53.1. The van der Waals surface area contributed by atoms with E-state index in [1.165, 1.54) is 11.7 Å². The molecule has 0 spiro atoms. The van der Waals surface area contributed by atoms with Crippen LogP contribution < -0.4 is 9.47 Å². The normalized spacial score (nSPS) is 12.7. The highest BCUT2D eigenvalue weighted by Gasteiger charge is 2.37. The summed E-state index contributed by atoms with van der Waals surface area (Å²) in [6, 6.07) is 16.4. The lowest BCUT2D eigenvalue weighted by Crippen LogP contribution is -2.36. The van der Waals surface area contributed by atoms with Crippen molar-refractivity contribution in [1.29, 1.82) is 0 Å². The maximum atomic E-state index is 13.6. The molecule has 192 valence electrons. The largest absolute Gasteiger partial charge is 0.496 e. The second-order valence-electron chi connectivity index (χ2n) is 8.77. The van der Waals surface area contributed by atoms with Gasteiger partial charge in [0.2, 0.25) is 0 Å². The number of amides is 2. The first-order valence-electron chi connectivity index (χ1n) is 11.9. The minimum absolute atomic E-state index is 0.166. The number of imide groups is 1. The van der Waals surface area contributed by atoms with E-state index in [0.29, 0.717) is 39.4 Å². The molecule has 38 heavy (non-hydrogen) atoms. The number of carbonyl (C=O) groups is 4. The van der Waals surface area contributed by atoms with E-state index in [-0.39, 0.29) is 22.8 Å². The van der Waals surface area contributed by atoms with Gasteiger partial charge in [-0.05, 0) is 61.9 Å². The van der Waals surface area contributed by atoms with Gasteiger partial charge in [0.25, 0.3) is 17.7 Å². The Balaban J connectivity index is 1.56. The zero-order chi connectivity index (χ0) is 27.1. The fourth-order valence-corrected chi connectivity index (χ4v) is 4.95. The molecule has 0 saturated carbocycles. The van der Waals surface area contributed by atoms with Gasteiger partial charge in [-0.15, -0.1) is 0 Å². The molecule has 2 amide bonds. The molecule has 5 rings (SSSR count). The van der Waals surface area contributed by atoms with Crippen molar-refractivity contribution in [2.24, 2.45) is 0 Å². The molecular weight excluding hydrogens is 508 g/mol. The summed E-state index contributed by atoms with van der Waals surface area (Å²) in [6.45, 7) is 3.02. The minimum atomic E-state index is -0.814. The zero-order valence-corrected chi connectivity index (χ0v) is 21.7. The van der Waals surface area contributed by atoms with Crippen molar-refractivity contribution < 1.29 is 28.7 Å². The number of fused-ring (bicyclic) bond motifs is 2. The number of hydrogen-bond donors (Lipinski definition) is 0. The van der Waals surface area contributed by atoms with Gasteiger partial charge in [0.15, 0.2) is 5.75 Å². The van der Waals surface area contributed by atoms with Crippen molar-refractivity contribution in [3.63, 3.8) is 0 Å². The fraction of sp³-hybridized carbons (Fsp3) is 0.172. The van der Waals surface area contributed by atoms with Gasteiger partial charge in [-0.3, -0.25) is 23.9 Å². The van der Waals surface area contributed by atoms with E-state index in [1.54, 1.807) is 67.6 Å². The number of ether oxygens (including phenoxy) is 2. The molecule has 2 heterocycles. The molecule has 4 aromatic rings. The molecule has 0 fully saturated rings. The molecular formula is C29H23ClN2O6. The van der Waals surface area contributed by atoms with Crippen LogP contribution in [0.5, 0.6) is 11.5 Å². The van der Waals surface area contributed by atoms with Crippen LogP contribution in [0.15, 0.2) is 60.7 Å². The first-order valence-corrected chi connectivity index (χ1v) is 12.3. The number of methoxy groups -OCH3 is 1. The molecule has 1 aromatic heterocycles. The van der Waals surface area contributed by atoms with E-state index in [9.17, 15) is 19.2 Å². The zero-order valence-electron chi connectivity index (χ0n) is 20.9. The van der Waals surface area contributed by atoms with Crippen molar-refractivity contribution >= 4 is 46.2 Å². The monoisotopic (exact) mass is 530 g/mol. The Kier molecular flexibility index (Phi) is 6.50. The van der Waals surface area contributed by atoms with Crippen LogP contribution in [0.4, 0.5) is 0 Å². The number of carbonyl (C=O) groups excluding carboxylic acids is 4. The average molecular weight is 531 g/mol. The lowest BCUT2D eigenvalue weighted by Gasteiger charge is -2.14. The fourth-order valence-electron chi connectivity index (χ4n) is 4.83. The maximum Gasteiger partial charge on any atom is 0.331 e. The third-order valence-corrected chi connectivity index (χ3v) is 6.88. The van der Waals surface area contributed by atoms with Gasteiger partial charge in [0.1, 0.15) is 12.3 Å². The molecule has 0 radical (unpaired) electrons. The highest BCUT2D eigenvalue weighted by Crippen LogP contribution is 2.40. The molecule has 0 bridgehead atoms. The van der Waals surface area contributed by atoms with Crippen LogP contribution in [0.3, 0.4) is 0 Å². The van der Waals surface area contributed by atoms with E-state index in [1.807, 2.05) is 6.92 Å². The standard InChI is InChI=1S/C29H23ClN2O6/c1-4-19-23(37-3)14-13-22-25(19)26(16(2)32(22)27(34)17-9-11-18(30)12-10-17)38-24(33)15-31-28(35)20-7-5-6-8-21(20)29(31)36/h5-14H,4,15H2,1-3H3. The third-order valence-electron chi connectivity index (χ3n) is 6.63. The maximum absolute atomic E-state index is 13.6. The van der Waals surface area contributed by atoms with Gasteiger partial charge in [0, 0.05) is 16.1 Å². The SMILES string of the molecule is CCc1c(OC)ccc2c1c(OC(=O)CN1C(=O)c3ccccc3C1=O)c(C)n2C(=O)c1ccc(Cl)cc1. The average Bonchev–Trinajstić information content (AvgIpc) is 3.33. The van der Waals surface area contributed by atoms with Gasteiger partial charge in [0.05, 0.1) is 34.8 Å². The molecule has 0 saturated heterocycles. The summed E-state index contributed by atoms with van der Waals surface area (Å²) in [5.74, 6) is -1.52. The summed E-state index contributed by atoms with van der Waals surface area (Å²) in [5.41, 5.74) is 2.54. The minimum Gasteiger partial charge on any atom is -0.496 e. The number of benzene rings is 3.